The molecule has 1 aromatic carbocycles. The van der Waals surface area contributed by atoms with E-state index in [4.69, 9.17) is 11.6 Å². The van der Waals surface area contributed by atoms with Crippen molar-refractivity contribution in [2.24, 2.45) is 5.92 Å². The second-order valence-electron chi connectivity index (χ2n) is 3.45. The van der Waals surface area contributed by atoms with Crippen LogP contribution in [0.5, 0.6) is 0 Å². The fourth-order valence-electron chi connectivity index (χ4n) is 1.41. The number of aliphatic hydroxyl groups is 1. The van der Waals surface area contributed by atoms with Gasteiger partial charge in [0, 0.05) is 15.1 Å². The smallest absolute Gasteiger partial charge is 0.0832 e. The van der Waals surface area contributed by atoms with Crippen molar-refractivity contribution >= 4 is 27.5 Å². The predicted molar refractivity (Wildman–Crippen MR) is 56.8 cm³/mol. The standard InChI is InChI=1S/C10H10BrClO/c11-7-3-4-9(12)8(5-7)10(13)6-1-2-6/h3-6,10,13H,1-2H2. The number of hydrogen-bond donors (Lipinski definition) is 1. The maximum atomic E-state index is 9.86. The topological polar surface area (TPSA) is 20.2 Å². The highest BCUT2D eigenvalue weighted by Gasteiger charge is 2.31. The minimum absolute atomic E-state index is 0.384. The first-order chi connectivity index (χ1) is 6.18. The van der Waals surface area contributed by atoms with Gasteiger partial charge >= 0.3 is 0 Å². The molecule has 0 heterocycles. The van der Waals surface area contributed by atoms with Gasteiger partial charge in [0.05, 0.1) is 6.10 Å². The van der Waals surface area contributed by atoms with Crippen LogP contribution >= 0.6 is 27.5 Å². The summed E-state index contributed by atoms with van der Waals surface area (Å²) in [6.07, 6.45) is 1.85. The average molecular weight is 262 g/mol. The zero-order chi connectivity index (χ0) is 9.42. The van der Waals surface area contributed by atoms with Crippen LogP contribution in [0.2, 0.25) is 5.02 Å². The number of rotatable bonds is 2. The maximum Gasteiger partial charge on any atom is 0.0832 e. The Morgan fingerprint density at radius 2 is 2.15 bits per heavy atom. The van der Waals surface area contributed by atoms with Crippen LogP contribution in [0.25, 0.3) is 0 Å². The monoisotopic (exact) mass is 260 g/mol. The molecule has 0 aromatic heterocycles. The van der Waals surface area contributed by atoms with Crippen molar-refractivity contribution in [1.29, 1.82) is 0 Å². The molecule has 0 bridgehead atoms. The van der Waals surface area contributed by atoms with Gasteiger partial charge in [-0.05, 0) is 37.0 Å². The van der Waals surface area contributed by atoms with Gasteiger partial charge in [0.25, 0.3) is 0 Å². The van der Waals surface area contributed by atoms with E-state index in [0.29, 0.717) is 10.9 Å². The van der Waals surface area contributed by atoms with Crippen LogP contribution in [0.1, 0.15) is 24.5 Å². The summed E-state index contributed by atoms with van der Waals surface area (Å²) in [7, 11) is 0. The summed E-state index contributed by atoms with van der Waals surface area (Å²) in [5.74, 6) is 0.423. The van der Waals surface area contributed by atoms with Gasteiger partial charge in [-0.1, -0.05) is 27.5 Å². The summed E-state index contributed by atoms with van der Waals surface area (Å²) in [5.41, 5.74) is 0.846. The normalized spacial score (nSPS) is 18.7. The van der Waals surface area contributed by atoms with Crippen molar-refractivity contribution in [2.75, 3.05) is 0 Å². The molecule has 1 fully saturated rings. The molecule has 1 aliphatic carbocycles. The quantitative estimate of drug-likeness (QED) is 0.863. The van der Waals surface area contributed by atoms with Crippen molar-refractivity contribution in [3.8, 4) is 0 Å². The predicted octanol–water partition coefficient (Wildman–Crippen LogP) is 3.55. The van der Waals surface area contributed by atoms with E-state index in [1.165, 1.54) is 0 Å². The zero-order valence-electron chi connectivity index (χ0n) is 7.00. The Bertz CT molecular complexity index is 323. The Hall–Kier alpha value is -0.0500. The van der Waals surface area contributed by atoms with Crippen LogP contribution in [0.3, 0.4) is 0 Å². The van der Waals surface area contributed by atoms with E-state index in [9.17, 15) is 5.11 Å². The van der Waals surface area contributed by atoms with Gasteiger partial charge < -0.3 is 5.11 Å². The van der Waals surface area contributed by atoms with Crippen LogP contribution in [0, 0.1) is 5.92 Å². The molecule has 0 aliphatic heterocycles. The first-order valence-electron chi connectivity index (χ1n) is 4.31. The first kappa shape index (κ1) is 9.50. The highest BCUT2D eigenvalue weighted by atomic mass is 79.9. The highest BCUT2D eigenvalue weighted by molar-refractivity contribution is 9.10. The Kier molecular flexibility index (Phi) is 2.63. The molecule has 1 unspecified atom stereocenters. The summed E-state index contributed by atoms with van der Waals surface area (Å²) < 4.78 is 0.964. The molecule has 1 aromatic rings. The summed E-state index contributed by atoms with van der Waals surface area (Å²) in [6, 6.07) is 5.59. The van der Waals surface area contributed by atoms with E-state index in [1.54, 1.807) is 0 Å². The minimum atomic E-state index is -0.384. The van der Waals surface area contributed by atoms with Gasteiger partial charge in [-0.15, -0.1) is 0 Å². The number of halogens is 2. The first-order valence-corrected chi connectivity index (χ1v) is 5.48. The van der Waals surface area contributed by atoms with Crippen molar-refractivity contribution in [3.63, 3.8) is 0 Å². The zero-order valence-corrected chi connectivity index (χ0v) is 9.35. The summed E-state index contributed by atoms with van der Waals surface area (Å²) in [6.45, 7) is 0. The lowest BCUT2D eigenvalue weighted by Crippen LogP contribution is -2.00. The highest BCUT2D eigenvalue weighted by Crippen LogP contribution is 2.43. The summed E-state index contributed by atoms with van der Waals surface area (Å²) >= 11 is 9.35. The molecule has 13 heavy (non-hydrogen) atoms. The molecule has 1 N–H and O–H groups in total. The second kappa shape index (κ2) is 3.60. The third-order valence-corrected chi connectivity index (χ3v) is 3.18. The molecular weight excluding hydrogens is 251 g/mol. The average Bonchev–Trinajstić information content (AvgIpc) is 2.91. The number of aliphatic hydroxyl groups excluding tert-OH is 1. The van der Waals surface area contributed by atoms with Crippen molar-refractivity contribution in [2.45, 2.75) is 18.9 Å². The molecule has 0 amide bonds. The third kappa shape index (κ3) is 2.06. The lowest BCUT2D eigenvalue weighted by atomic mass is 10.1. The Balaban J connectivity index is 2.31. The van der Waals surface area contributed by atoms with E-state index in [1.807, 2.05) is 18.2 Å². The van der Waals surface area contributed by atoms with Crippen LogP contribution in [0.4, 0.5) is 0 Å². The van der Waals surface area contributed by atoms with Crippen molar-refractivity contribution in [1.82, 2.24) is 0 Å². The number of benzene rings is 1. The summed E-state index contributed by atoms with van der Waals surface area (Å²) in [5, 5.41) is 10.5. The van der Waals surface area contributed by atoms with E-state index in [0.717, 1.165) is 22.9 Å². The van der Waals surface area contributed by atoms with Crippen LogP contribution in [-0.2, 0) is 0 Å². The Morgan fingerprint density at radius 1 is 1.46 bits per heavy atom. The molecule has 1 aliphatic rings. The Morgan fingerprint density at radius 3 is 2.77 bits per heavy atom. The van der Waals surface area contributed by atoms with E-state index in [-0.39, 0.29) is 6.10 Å². The van der Waals surface area contributed by atoms with Crippen molar-refractivity contribution in [3.05, 3.63) is 33.3 Å². The summed E-state index contributed by atoms with van der Waals surface area (Å²) in [4.78, 5) is 0. The van der Waals surface area contributed by atoms with Gasteiger partial charge in [-0.2, -0.15) is 0 Å². The van der Waals surface area contributed by atoms with Gasteiger partial charge in [-0.25, -0.2) is 0 Å². The lowest BCUT2D eigenvalue weighted by Gasteiger charge is -2.11. The van der Waals surface area contributed by atoms with Crippen LogP contribution < -0.4 is 0 Å². The molecule has 0 radical (unpaired) electrons. The molecule has 70 valence electrons. The Labute approximate surface area is 90.9 Å². The van der Waals surface area contributed by atoms with Crippen LogP contribution in [0.15, 0.2) is 22.7 Å². The number of hydrogen-bond acceptors (Lipinski definition) is 1. The fourth-order valence-corrected chi connectivity index (χ4v) is 2.02. The maximum absolute atomic E-state index is 9.86. The SMILES string of the molecule is OC(c1cc(Br)ccc1Cl)C1CC1. The molecule has 1 atom stereocenters. The largest absolute Gasteiger partial charge is 0.388 e. The molecule has 0 saturated heterocycles. The van der Waals surface area contributed by atoms with E-state index < -0.39 is 0 Å². The molecule has 2 rings (SSSR count). The van der Waals surface area contributed by atoms with Gasteiger partial charge in [-0.3, -0.25) is 0 Å². The fraction of sp³-hybridized carbons (Fsp3) is 0.400. The van der Waals surface area contributed by atoms with Crippen molar-refractivity contribution < 1.29 is 5.11 Å². The lowest BCUT2D eigenvalue weighted by molar-refractivity contribution is 0.154. The van der Waals surface area contributed by atoms with Crippen LogP contribution in [-0.4, -0.2) is 5.11 Å². The van der Waals surface area contributed by atoms with E-state index >= 15 is 0 Å². The molecule has 1 nitrogen and oxygen atoms in total. The third-order valence-electron chi connectivity index (χ3n) is 2.35. The second-order valence-corrected chi connectivity index (χ2v) is 4.77. The van der Waals surface area contributed by atoms with Gasteiger partial charge in [0.15, 0.2) is 0 Å². The molecule has 1 saturated carbocycles. The minimum Gasteiger partial charge on any atom is -0.388 e. The van der Waals surface area contributed by atoms with E-state index in [2.05, 4.69) is 15.9 Å². The molecule has 3 heteroatoms. The molecular formula is C10H10BrClO. The molecule has 0 spiro atoms. The van der Waals surface area contributed by atoms with Gasteiger partial charge in [0.1, 0.15) is 0 Å². The van der Waals surface area contributed by atoms with Gasteiger partial charge in [0.2, 0.25) is 0 Å².